The van der Waals surface area contributed by atoms with Crippen LogP contribution in [-0.4, -0.2) is 14.4 Å². The van der Waals surface area contributed by atoms with Crippen molar-refractivity contribution >= 4 is 26.5 Å². The zero-order valence-electron chi connectivity index (χ0n) is 13.7. The molecular formula is C19H18O4S. The molecule has 5 heteroatoms. The van der Waals surface area contributed by atoms with Crippen molar-refractivity contribution in [1.82, 2.24) is 0 Å². The molecule has 1 aliphatic heterocycles. The van der Waals surface area contributed by atoms with Gasteiger partial charge in [-0.1, -0.05) is 42.5 Å². The molecule has 1 aliphatic rings. The Hall–Kier alpha value is -2.40. The van der Waals surface area contributed by atoms with Gasteiger partial charge in [0.2, 0.25) is 9.84 Å². The number of rotatable bonds is 2. The maximum atomic E-state index is 13.0. The van der Waals surface area contributed by atoms with Gasteiger partial charge in [0, 0.05) is 5.56 Å². The van der Waals surface area contributed by atoms with Crippen molar-refractivity contribution < 1.29 is 17.9 Å². The second-order valence-corrected chi connectivity index (χ2v) is 8.52. The number of hydrogen-bond acceptors (Lipinski definition) is 4. The Morgan fingerprint density at radius 3 is 2.12 bits per heavy atom. The van der Waals surface area contributed by atoms with E-state index < -0.39 is 21.2 Å². The maximum absolute atomic E-state index is 13.0. The molecule has 0 saturated carbocycles. The van der Waals surface area contributed by atoms with E-state index in [1.54, 1.807) is 69.3 Å². The second-order valence-electron chi connectivity index (χ2n) is 6.66. The average molecular weight is 342 g/mol. The highest BCUT2D eigenvalue weighted by Gasteiger charge is 2.39. The molecule has 0 bridgehead atoms. The summed E-state index contributed by atoms with van der Waals surface area (Å²) >= 11 is 0. The highest BCUT2D eigenvalue weighted by molar-refractivity contribution is 8.01. The van der Waals surface area contributed by atoms with Crippen LogP contribution in [0.15, 0.2) is 59.5 Å². The summed E-state index contributed by atoms with van der Waals surface area (Å²) in [4.78, 5) is 12.6. The topological polar surface area (TPSA) is 60.4 Å². The minimum atomic E-state index is -3.74. The number of sulfone groups is 1. The van der Waals surface area contributed by atoms with Gasteiger partial charge >= 0.3 is 5.97 Å². The predicted octanol–water partition coefficient (Wildman–Crippen LogP) is 3.89. The fourth-order valence-electron chi connectivity index (χ4n) is 2.47. The van der Waals surface area contributed by atoms with Gasteiger partial charge < -0.3 is 4.74 Å². The van der Waals surface area contributed by atoms with Gasteiger partial charge in [0.15, 0.2) is 5.76 Å². The van der Waals surface area contributed by atoms with Crippen molar-refractivity contribution in [2.24, 2.45) is 5.41 Å². The average Bonchev–Trinajstić information content (AvgIpc) is 2.75. The van der Waals surface area contributed by atoms with Crippen LogP contribution in [0.2, 0.25) is 0 Å². The number of benzene rings is 2. The van der Waals surface area contributed by atoms with Crippen molar-refractivity contribution in [3.8, 4) is 0 Å². The smallest absolute Gasteiger partial charge is 0.316 e. The van der Waals surface area contributed by atoms with Crippen molar-refractivity contribution in [2.45, 2.75) is 25.7 Å². The zero-order valence-corrected chi connectivity index (χ0v) is 14.6. The van der Waals surface area contributed by atoms with E-state index in [0.29, 0.717) is 11.1 Å². The van der Waals surface area contributed by atoms with E-state index in [0.717, 1.165) is 0 Å². The molecule has 3 rings (SSSR count). The maximum Gasteiger partial charge on any atom is 0.316 e. The van der Waals surface area contributed by atoms with Gasteiger partial charge in [-0.25, -0.2) is 8.42 Å². The van der Waals surface area contributed by atoms with Gasteiger partial charge in [-0.05, 0) is 38.5 Å². The van der Waals surface area contributed by atoms with Gasteiger partial charge in [0.1, 0.15) is 4.91 Å². The highest BCUT2D eigenvalue weighted by Crippen LogP contribution is 2.45. The first kappa shape index (κ1) is 16.5. The molecule has 1 heterocycles. The minimum absolute atomic E-state index is 0.0434. The monoisotopic (exact) mass is 342 g/mol. The van der Waals surface area contributed by atoms with Crippen LogP contribution >= 0.6 is 0 Å². The molecule has 0 atom stereocenters. The molecule has 0 aromatic heterocycles. The lowest BCUT2D eigenvalue weighted by molar-refractivity contribution is -0.145. The van der Waals surface area contributed by atoms with Crippen LogP contribution in [0.5, 0.6) is 0 Å². The first-order chi connectivity index (χ1) is 11.2. The van der Waals surface area contributed by atoms with Crippen LogP contribution in [0.25, 0.3) is 10.7 Å². The van der Waals surface area contributed by atoms with E-state index in [9.17, 15) is 13.2 Å². The van der Waals surface area contributed by atoms with Gasteiger partial charge in [0.05, 0.1) is 10.3 Å². The van der Waals surface area contributed by atoms with Gasteiger partial charge in [-0.2, -0.15) is 0 Å². The van der Waals surface area contributed by atoms with Gasteiger partial charge in [-0.15, -0.1) is 0 Å². The van der Waals surface area contributed by atoms with Crippen LogP contribution in [0, 0.1) is 5.41 Å². The summed E-state index contributed by atoms with van der Waals surface area (Å²) < 4.78 is 31.5. The molecule has 0 spiro atoms. The van der Waals surface area contributed by atoms with Crippen LogP contribution < -0.4 is 0 Å². The third-order valence-corrected chi connectivity index (χ3v) is 5.63. The molecule has 0 radical (unpaired) electrons. The zero-order chi connectivity index (χ0) is 17.5. The third kappa shape index (κ3) is 2.65. The molecule has 0 aliphatic carbocycles. The molecule has 2 aromatic carbocycles. The van der Waals surface area contributed by atoms with Gasteiger partial charge in [0.25, 0.3) is 0 Å². The summed E-state index contributed by atoms with van der Waals surface area (Å²) in [5, 5.41) is 0. The first-order valence-corrected chi connectivity index (χ1v) is 9.08. The lowest BCUT2D eigenvalue weighted by Crippen LogP contribution is -2.22. The number of ether oxygens (including phenoxy) is 1. The summed E-state index contributed by atoms with van der Waals surface area (Å²) in [5.74, 6) is -0.366. The van der Waals surface area contributed by atoms with Crippen LogP contribution in [0.3, 0.4) is 0 Å². The van der Waals surface area contributed by atoms with E-state index >= 15 is 0 Å². The van der Waals surface area contributed by atoms with Crippen molar-refractivity contribution in [1.29, 1.82) is 0 Å². The quantitative estimate of drug-likeness (QED) is 0.777. The molecule has 24 heavy (non-hydrogen) atoms. The molecule has 124 valence electrons. The van der Waals surface area contributed by atoms with Gasteiger partial charge in [-0.3, -0.25) is 4.79 Å². The SMILES string of the molecule is CC(C)(C)C(=O)OC1=C(c2ccccc2)S(=O)(=O)c2ccccc21. The summed E-state index contributed by atoms with van der Waals surface area (Å²) in [7, 11) is -3.74. The Morgan fingerprint density at radius 1 is 0.917 bits per heavy atom. The molecule has 0 unspecified atom stereocenters. The Labute approximate surface area is 141 Å². The van der Waals surface area contributed by atoms with Crippen molar-refractivity contribution in [3.63, 3.8) is 0 Å². The minimum Gasteiger partial charge on any atom is -0.424 e. The standard InChI is InChI=1S/C19H18O4S/c1-19(2,3)18(20)23-16-14-11-7-8-12-15(14)24(21,22)17(16)13-9-5-4-6-10-13/h4-12H,1-3H3. The van der Waals surface area contributed by atoms with E-state index in [2.05, 4.69) is 0 Å². The van der Waals surface area contributed by atoms with Crippen molar-refractivity contribution in [3.05, 3.63) is 65.7 Å². The molecule has 0 saturated heterocycles. The van der Waals surface area contributed by atoms with Crippen LogP contribution in [-0.2, 0) is 19.4 Å². The van der Waals surface area contributed by atoms with Crippen molar-refractivity contribution in [2.75, 3.05) is 0 Å². The summed E-state index contributed by atoms with van der Waals surface area (Å²) in [6.45, 7) is 5.19. The molecule has 4 nitrogen and oxygen atoms in total. The Kier molecular flexibility index (Phi) is 3.84. The molecule has 2 aromatic rings. The summed E-state index contributed by atoms with van der Waals surface area (Å²) in [6.07, 6.45) is 0. The fraction of sp³-hybridized carbons (Fsp3) is 0.211. The summed E-state index contributed by atoms with van der Waals surface area (Å²) in [5.41, 5.74) is 0.190. The third-order valence-electron chi connectivity index (χ3n) is 3.74. The Morgan fingerprint density at radius 2 is 1.50 bits per heavy atom. The van der Waals surface area contributed by atoms with Crippen LogP contribution in [0.4, 0.5) is 0 Å². The molecular weight excluding hydrogens is 324 g/mol. The Balaban J connectivity index is 2.26. The number of esters is 1. The normalized spacial score (nSPS) is 16.0. The van der Waals surface area contributed by atoms with E-state index in [-0.39, 0.29) is 15.6 Å². The largest absolute Gasteiger partial charge is 0.424 e. The number of hydrogen-bond donors (Lipinski definition) is 0. The van der Waals surface area contributed by atoms with E-state index in [4.69, 9.17) is 4.74 Å². The number of fused-ring (bicyclic) bond motifs is 1. The highest BCUT2D eigenvalue weighted by atomic mass is 32.2. The van der Waals surface area contributed by atoms with E-state index in [1.165, 1.54) is 6.07 Å². The van der Waals surface area contributed by atoms with Crippen LogP contribution in [0.1, 0.15) is 31.9 Å². The lowest BCUT2D eigenvalue weighted by atomic mass is 9.97. The number of carbonyl (C=O) groups is 1. The predicted molar refractivity (Wildman–Crippen MR) is 92.4 cm³/mol. The summed E-state index contributed by atoms with van der Waals surface area (Å²) in [6, 6.07) is 15.3. The first-order valence-electron chi connectivity index (χ1n) is 7.59. The number of carbonyl (C=O) groups excluding carboxylic acids is 1. The lowest BCUT2D eigenvalue weighted by Gasteiger charge is -2.17. The second kappa shape index (κ2) is 5.60. The van der Waals surface area contributed by atoms with E-state index in [1.807, 2.05) is 0 Å². The Bertz CT molecular complexity index is 933. The molecule has 0 N–H and O–H groups in total. The fourth-order valence-corrected chi connectivity index (χ4v) is 4.24. The molecule has 0 fully saturated rings. The molecule has 0 amide bonds.